The predicted molar refractivity (Wildman–Crippen MR) is 106 cm³/mol. The van der Waals surface area contributed by atoms with Crippen molar-refractivity contribution in [1.29, 1.82) is 0 Å². The molecule has 0 fully saturated rings. The Labute approximate surface area is 153 Å². The second-order valence-corrected chi connectivity index (χ2v) is 7.03. The van der Waals surface area contributed by atoms with Crippen molar-refractivity contribution in [2.24, 2.45) is 0 Å². The minimum absolute atomic E-state index is 0.754. The first kappa shape index (κ1) is 17.8. The van der Waals surface area contributed by atoms with Gasteiger partial charge in [-0.25, -0.2) is 9.97 Å². The molecule has 132 valence electrons. The molecule has 0 bridgehead atoms. The molecule has 0 aliphatic heterocycles. The molecule has 0 radical (unpaired) electrons. The number of hydrogen-bond acceptors (Lipinski definition) is 5. The molecule has 0 unspecified atom stereocenters. The molecule has 3 aromatic rings. The lowest BCUT2D eigenvalue weighted by Gasteiger charge is -2.09. The lowest BCUT2D eigenvalue weighted by molar-refractivity contribution is 0.147. The van der Waals surface area contributed by atoms with Gasteiger partial charge in [-0.2, -0.15) is 0 Å². The maximum absolute atomic E-state index is 5.41. The lowest BCUT2D eigenvalue weighted by atomic mass is 10.1. The Morgan fingerprint density at radius 2 is 1.96 bits per heavy atom. The number of ether oxygens (including phenoxy) is 1. The smallest absolute Gasteiger partial charge is 0.138 e. The Morgan fingerprint density at radius 1 is 1.12 bits per heavy atom. The fourth-order valence-corrected chi connectivity index (χ4v) is 3.69. The van der Waals surface area contributed by atoms with Crippen LogP contribution in [-0.2, 0) is 17.6 Å². The van der Waals surface area contributed by atoms with Crippen LogP contribution in [0.3, 0.4) is 0 Å². The summed E-state index contributed by atoms with van der Waals surface area (Å²) in [6.45, 7) is 6.60. The van der Waals surface area contributed by atoms with Gasteiger partial charge in [-0.05, 0) is 31.4 Å². The highest BCUT2D eigenvalue weighted by atomic mass is 32.1. The number of hydrogen-bond donors (Lipinski definition) is 1. The summed E-state index contributed by atoms with van der Waals surface area (Å²) in [6, 6.07) is 12.6. The van der Waals surface area contributed by atoms with Crippen molar-refractivity contribution >= 4 is 27.4 Å². The van der Waals surface area contributed by atoms with Gasteiger partial charge in [0.2, 0.25) is 0 Å². The monoisotopic (exact) mass is 355 g/mol. The number of nitrogens with zero attached hydrogens (tertiary/aromatic N) is 2. The topological polar surface area (TPSA) is 47.0 Å². The van der Waals surface area contributed by atoms with E-state index in [1.54, 1.807) is 11.3 Å². The van der Waals surface area contributed by atoms with Gasteiger partial charge < -0.3 is 10.1 Å². The number of rotatable bonds is 9. The van der Waals surface area contributed by atoms with Gasteiger partial charge in [0.15, 0.2) is 0 Å². The van der Waals surface area contributed by atoms with Gasteiger partial charge in [0.25, 0.3) is 0 Å². The molecule has 0 saturated carbocycles. The molecule has 0 aliphatic rings. The maximum atomic E-state index is 5.41. The summed E-state index contributed by atoms with van der Waals surface area (Å²) in [5, 5.41) is 4.62. The van der Waals surface area contributed by atoms with Crippen LogP contribution in [0.5, 0.6) is 0 Å². The summed E-state index contributed by atoms with van der Waals surface area (Å²) in [4.78, 5) is 12.0. The van der Waals surface area contributed by atoms with E-state index in [0.29, 0.717) is 0 Å². The van der Waals surface area contributed by atoms with Crippen molar-refractivity contribution < 1.29 is 4.74 Å². The first-order chi connectivity index (χ1) is 12.3. The van der Waals surface area contributed by atoms with Crippen molar-refractivity contribution in [3.05, 3.63) is 52.7 Å². The Hall–Kier alpha value is -1.98. The minimum Gasteiger partial charge on any atom is -0.382 e. The largest absolute Gasteiger partial charge is 0.382 e. The number of thiophene rings is 1. The molecule has 3 rings (SSSR count). The minimum atomic E-state index is 0.754. The lowest BCUT2D eigenvalue weighted by Crippen LogP contribution is -2.09. The molecule has 1 aromatic carbocycles. The molecule has 4 nitrogen and oxygen atoms in total. The Bertz CT molecular complexity index is 801. The summed E-state index contributed by atoms with van der Waals surface area (Å²) in [7, 11) is 0. The molecule has 1 N–H and O–H groups in total. The van der Waals surface area contributed by atoms with E-state index in [1.165, 1.54) is 10.4 Å². The molecule has 0 amide bonds. The summed E-state index contributed by atoms with van der Waals surface area (Å²) in [5.74, 6) is 1.82. The quantitative estimate of drug-likeness (QED) is 0.566. The standard InChI is InChI=1S/C20H25N3OS/c1-3-16-14-17-19(21-11-8-12-24-4-2)22-18(23-20(17)25-16)13-15-9-6-5-7-10-15/h5-7,9-10,14H,3-4,8,11-13H2,1-2H3,(H,21,22,23). The van der Waals surface area contributed by atoms with Crippen LogP contribution >= 0.6 is 11.3 Å². The zero-order chi connectivity index (χ0) is 17.5. The van der Waals surface area contributed by atoms with Crippen LogP contribution in [0.25, 0.3) is 10.2 Å². The second kappa shape index (κ2) is 8.92. The van der Waals surface area contributed by atoms with Crippen molar-refractivity contribution in [2.45, 2.75) is 33.1 Å². The number of aryl methyl sites for hydroxylation is 1. The van der Waals surface area contributed by atoms with Crippen LogP contribution in [0.15, 0.2) is 36.4 Å². The van der Waals surface area contributed by atoms with Crippen molar-refractivity contribution in [3.63, 3.8) is 0 Å². The fourth-order valence-electron chi connectivity index (χ4n) is 2.71. The van der Waals surface area contributed by atoms with E-state index in [4.69, 9.17) is 14.7 Å². The molecule has 2 heterocycles. The van der Waals surface area contributed by atoms with Crippen molar-refractivity contribution in [3.8, 4) is 0 Å². The first-order valence-corrected chi connectivity index (χ1v) is 9.76. The van der Waals surface area contributed by atoms with Gasteiger partial charge in [0.05, 0.1) is 5.39 Å². The Balaban J connectivity index is 1.82. The SMILES string of the molecule is CCOCCCNc1nc(Cc2ccccc2)nc2sc(CC)cc12. The van der Waals surface area contributed by atoms with Gasteiger partial charge in [0.1, 0.15) is 16.5 Å². The summed E-state index contributed by atoms with van der Waals surface area (Å²) in [5.41, 5.74) is 1.23. The molecule has 0 spiro atoms. The van der Waals surface area contributed by atoms with Gasteiger partial charge in [-0.3, -0.25) is 0 Å². The highest BCUT2D eigenvalue weighted by Crippen LogP contribution is 2.29. The number of anilines is 1. The Kier molecular flexibility index (Phi) is 6.36. The third-order valence-electron chi connectivity index (χ3n) is 4.01. The van der Waals surface area contributed by atoms with Gasteiger partial charge in [0, 0.05) is 31.1 Å². The van der Waals surface area contributed by atoms with Crippen LogP contribution in [0, 0.1) is 0 Å². The van der Waals surface area contributed by atoms with E-state index >= 15 is 0 Å². The normalized spacial score (nSPS) is 11.1. The average molecular weight is 356 g/mol. The van der Waals surface area contributed by atoms with Gasteiger partial charge in [-0.15, -0.1) is 11.3 Å². The van der Waals surface area contributed by atoms with E-state index in [9.17, 15) is 0 Å². The number of nitrogens with one attached hydrogen (secondary N) is 1. The summed E-state index contributed by atoms with van der Waals surface area (Å²) in [6.07, 6.45) is 2.75. The van der Waals surface area contributed by atoms with Crippen LogP contribution < -0.4 is 5.32 Å². The third-order valence-corrected chi connectivity index (χ3v) is 5.18. The number of benzene rings is 1. The molecule has 5 heteroatoms. The van der Waals surface area contributed by atoms with Crippen LogP contribution in [0.1, 0.15) is 36.5 Å². The van der Waals surface area contributed by atoms with Gasteiger partial charge in [-0.1, -0.05) is 37.3 Å². The van der Waals surface area contributed by atoms with Gasteiger partial charge >= 0.3 is 0 Å². The van der Waals surface area contributed by atoms with Crippen LogP contribution in [-0.4, -0.2) is 29.7 Å². The Morgan fingerprint density at radius 3 is 2.72 bits per heavy atom. The average Bonchev–Trinajstić information content (AvgIpc) is 3.06. The highest BCUT2D eigenvalue weighted by Gasteiger charge is 2.11. The molecule has 0 saturated heterocycles. The molecule has 2 aromatic heterocycles. The molecular formula is C20H25N3OS. The summed E-state index contributed by atoms with van der Waals surface area (Å²) < 4.78 is 5.41. The predicted octanol–water partition coefficient (Wildman–Crippen LogP) is 4.68. The van der Waals surface area contributed by atoms with Crippen LogP contribution in [0.4, 0.5) is 5.82 Å². The number of aromatic nitrogens is 2. The molecular weight excluding hydrogens is 330 g/mol. The molecule has 0 atom stereocenters. The zero-order valence-electron chi connectivity index (χ0n) is 14.9. The van der Waals surface area contributed by atoms with E-state index in [1.807, 2.05) is 13.0 Å². The van der Waals surface area contributed by atoms with Crippen molar-refractivity contribution in [2.75, 3.05) is 25.1 Å². The maximum Gasteiger partial charge on any atom is 0.138 e. The zero-order valence-corrected chi connectivity index (χ0v) is 15.7. The summed E-state index contributed by atoms with van der Waals surface area (Å²) >= 11 is 1.77. The molecule has 25 heavy (non-hydrogen) atoms. The van der Waals surface area contributed by atoms with E-state index < -0.39 is 0 Å². The van der Waals surface area contributed by atoms with Crippen molar-refractivity contribution in [1.82, 2.24) is 9.97 Å². The van der Waals surface area contributed by atoms with E-state index in [-0.39, 0.29) is 0 Å². The third kappa shape index (κ3) is 4.77. The van der Waals surface area contributed by atoms with E-state index in [2.05, 4.69) is 42.6 Å². The fraction of sp³-hybridized carbons (Fsp3) is 0.400. The first-order valence-electron chi connectivity index (χ1n) is 8.95. The highest BCUT2D eigenvalue weighted by molar-refractivity contribution is 7.18. The number of fused-ring (bicyclic) bond motifs is 1. The molecule has 0 aliphatic carbocycles. The second-order valence-electron chi connectivity index (χ2n) is 5.91. The van der Waals surface area contributed by atoms with E-state index in [0.717, 1.165) is 60.9 Å². The van der Waals surface area contributed by atoms with Crippen LogP contribution in [0.2, 0.25) is 0 Å².